The Morgan fingerprint density at radius 1 is 1.37 bits per heavy atom. The fourth-order valence-electron chi connectivity index (χ4n) is 1.95. The molecule has 1 atom stereocenters. The highest BCUT2D eigenvalue weighted by Crippen LogP contribution is 2.05. The Morgan fingerprint density at radius 3 is 2.68 bits per heavy atom. The molecule has 1 aromatic rings. The van der Waals surface area contributed by atoms with Crippen LogP contribution in [0.25, 0.3) is 0 Å². The molecule has 0 saturated carbocycles. The SMILES string of the molecule is CCC(CC)NC(=O)CNC(C)CCc1ccco1. The molecule has 1 heterocycles. The maximum absolute atomic E-state index is 11.7. The number of aryl methyl sites for hydroxylation is 1. The van der Waals surface area contributed by atoms with E-state index in [9.17, 15) is 4.79 Å². The van der Waals surface area contributed by atoms with Crippen LogP contribution in [-0.4, -0.2) is 24.5 Å². The van der Waals surface area contributed by atoms with Crippen LogP contribution in [0.1, 0.15) is 45.8 Å². The number of amides is 1. The molecule has 2 N–H and O–H groups in total. The Kier molecular flexibility index (Phi) is 7.26. The lowest BCUT2D eigenvalue weighted by Crippen LogP contribution is -2.42. The predicted octanol–water partition coefficient (Wildman–Crippen LogP) is 2.50. The zero-order valence-corrected chi connectivity index (χ0v) is 12.2. The fourth-order valence-corrected chi connectivity index (χ4v) is 1.95. The summed E-state index contributed by atoms with van der Waals surface area (Å²) in [7, 11) is 0. The Labute approximate surface area is 116 Å². The van der Waals surface area contributed by atoms with Gasteiger partial charge in [-0.2, -0.15) is 0 Å². The van der Waals surface area contributed by atoms with Gasteiger partial charge in [0.1, 0.15) is 5.76 Å². The maximum atomic E-state index is 11.7. The van der Waals surface area contributed by atoms with Crippen LogP contribution in [0.15, 0.2) is 22.8 Å². The van der Waals surface area contributed by atoms with Gasteiger partial charge in [0.05, 0.1) is 12.8 Å². The van der Waals surface area contributed by atoms with Gasteiger partial charge in [0.25, 0.3) is 0 Å². The molecular weight excluding hydrogens is 240 g/mol. The number of carbonyl (C=O) groups excluding carboxylic acids is 1. The Balaban J connectivity index is 2.15. The molecule has 1 rings (SSSR count). The molecule has 0 aliphatic heterocycles. The highest BCUT2D eigenvalue weighted by Gasteiger charge is 2.10. The second-order valence-electron chi connectivity index (χ2n) is 4.98. The summed E-state index contributed by atoms with van der Waals surface area (Å²) in [5.41, 5.74) is 0. The number of carbonyl (C=O) groups is 1. The van der Waals surface area contributed by atoms with Crippen molar-refractivity contribution in [3.63, 3.8) is 0 Å². The molecule has 0 fully saturated rings. The van der Waals surface area contributed by atoms with Crippen LogP contribution in [0.5, 0.6) is 0 Å². The largest absolute Gasteiger partial charge is 0.469 e. The van der Waals surface area contributed by atoms with E-state index in [-0.39, 0.29) is 5.91 Å². The van der Waals surface area contributed by atoms with E-state index in [1.165, 1.54) is 0 Å². The predicted molar refractivity (Wildman–Crippen MR) is 77.0 cm³/mol. The molecule has 108 valence electrons. The van der Waals surface area contributed by atoms with Gasteiger partial charge in [-0.25, -0.2) is 0 Å². The van der Waals surface area contributed by atoms with Crippen molar-refractivity contribution in [2.24, 2.45) is 0 Å². The third kappa shape index (κ3) is 6.43. The van der Waals surface area contributed by atoms with Crippen molar-refractivity contribution in [2.75, 3.05) is 6.54 Å². The molecule has 4 nitrogen and oxygen atoms in total. The second-order valence-corrected chi connectivity index (χ2v) is 4.98. The number of nitrogens with one attached hydrogen (secondary N) is 2. The van der Waals surface area contributed by atoms with Gasteiger partial charge in [0.15, 0.2) is 0 Å². The number of hydrogen-bond donors (Lipinski definition) is 2. The molecule has 0 spiro atoms. The smallest absolute Gasteiger partial charge is 0.234 e. The Bertz CT molecular complexity index is 345. The van der Waals surface area contributed by atoms with Crippen molar-refractivity contribution in [3.05, 3.63) is 24.2 Å². The molecule has 0 aliphatic carbocycles. The highest BCUT2D eigenvalue weighted by atomic mass is 16.3. The number of hydrogen-bond acceptors (Lipinski definition) is 3. The summed E-state index contributed by atoms with van der Waals surface area (Å²) < 4.78 is 5.28. The highest BCUT2D eigenvalue weighted by molar-refractivity contribution is 5.78. The van der Waals surface area contributed by atoms with E-state index in [1.54, 1.807) is 6.26 Å². The lowest BCUT2D eigenvalue weighted by Gasteiger charge is -2.17. The topological polar surface area (TPSA) is 54.3 Å². The minimum atomic E-state index is 0.0820. The quantitative estimate of drug-likeness (QED) is 0.722. The van der Waals surface area contributed by atoms with Crippen molar-refractivity contribution in [1.82, 2.24) is 10.6 Å². The van der Waals surface area contributed by atoms with Crippen molar-refractivity contribution in [2.45, 2.75) is 58.5 Å². The molecule has 1 amide bonds. The van der Waals surface area contributed by atoms with Crippen molar-refractivity contribution in [3.8, 4) is 0 Å². The summed E-state index contributed by atoms with van der Waals surface area (Å²) in [6.45, 7) is 6.66. The van der Waals surface area contributed by atoms with Crippen LogP contribution in [0.2, 0.25) is 0 Å². The fraction of sp³-hybridized carbons (Fsp3) is 0.667. The van der Waals surface area contributed by atoms with Crippen LogP contribution >= 0.6 is 0 Å². The van der Waals surface area contributed by atoms with Gasteiger partial charge in [-0.05, 0) is 38.3 Å². The number of rotatable bonds is 9. The van der Waals surface area contributed by atoms with Gasteiger partial charge in [-0.15, -0.1) is 0 Å². The van der Waals surface area contributed by atoms with E-state index >= 15 is 0 Å². The standard InChI is InChI=1S/C15H26N2O2/c1-4-13(5-2)17-15(18)11-16-12(3)8-9-14-7-6-10-19-14/h6-7,10,12-13,16H,4-5,8-9,11H2,1-3H3,(H,17,18). The summed E-state index contributed by atoms with van der Waals surface area (Å²) >= 11 is 0. The summed E-state index contributed by atoms with van der Waals surface area (Å²) in [6.07, 6.45) is 5.52. The van der Waals surface area contributed by atoms with Crippen molar-refractivity contribution in [1.29, 1.82) is 0 Å². The molecule has 1 unspecified atom stereocenters. The van der Waals surface area contributed by atoms with E-state index in [4.69, 9.17) is 4.42 Å². The monoisotopic (exact) mass is 266 g/mol. The molecule has 1 aromatic heterocycles. The Hall–Kier alpha value is -1.29. The summed E-state index contributed by atoms with van der Waals surface area (Å²) in [5, 5.41) is 6.27. The van der Waals surface area contributed by atoms with E-state index in [2.05, 4.69) is 31.4 Å². The Morgan fingerprint density at radius 2 is 2.11 bits per heavy atom. The third-order valence-corrected chi connectivity index (χ3v) is 3.37. The first-order chi connectivity index (χ1) is 9.15. The lowest BCUT2D eigenvalue weighted by molar-refractivity contribution is -0.121. The zero-order valence-electron chi connectivity index (χ0n) is 12.2. The maximum Gasteiger partial charge on any atom is 0.234 e. The first-order valence-corrected chi connectivity index (χ1v) is 7.20. The molecule has 0 radical (unpaired) electrons. The van der Waals surface area contributed by atoms with E-state index in [0.717, 1.165) is 31.4 Å². The summed E-state index contributed by atoms with van der Waals surface area (Å²) in [6, 6.07) is 4.48. The van der Waals surface area contributed by atoms with Crippen LogP contribution in [-0.2, 0) is 11.2 Å². The molecule has 0 saturated heterocycles. The van der Waals surface area contributed by atoms with Gasteiger partial charge in [0.2, 0.25) is 5.91 Å². The van der Waals surface area contributed by atoms with E-state index in [0.29, 0.717) is 18.6 Å². The van der Waals surface area contributed by atoms with E-state index in [1.807, 2.05) is 12.1 Å². The lowest BCUT2D eigenvalue weighted by atomic mass is 10.1. The molecule has 4 heteroatoms. The summed E-state index contributed by atoms with van der Waals surface area (Å²) in [5.74, 6) is 1.08. The zero-order chi connectivity index (χ0) is 14.1. The van der Waals surface area contributed by atoms with Crippen LogP contribution in [0, 0.1) is 0 Å². The van der Waals surface area contributed by atoms with Crippen molar-refractivity contribution >= 4 is 5.91 Å². The molecular formula is C15H26N2O2. The van der Waals surface area contributed by atoms with Crippen molar-refractivity contribution < 1.29 is 9.21 Å². The normalized spacial score (nSPS) is 12.6. The average Bonchev–Trinajstić information content (AvgIpc) is 2.93. The first kappa shape index (κ1) is 15.8. The van der Waals surface area contributed by atoms with Gasteiger partial charge in [-0.3, -0.25) is 4.79 Å². The first-order valence-electron chi connectivity index (χ1n) is 7.20. The molecule has 0 aromatic carbocycles. The van der Waals surface area contributed by atoms with Gasteiger partial charge >= 0.3 is 0 Å². The van der Waals surface area contributed by atoms with E-state index < -0.39 is 0 Å². The van der Waals surface area contributed by atoms with Crippen LogP contribution in [0.4, 0.5) is 0 Å². The van der Waals surface area contributed by atoms with Gasteiger partial charge in [-0.1, -0.05) is 13.8 Å². The van der Waals surface area contributed by atoms with Crippen LogP contribution in [0.3, 0.4) is 0 Å². The number of furan rings is 1. The second kappa shape index (κ2) is 8.75. The van der Waals surface area contributed by atoms with Crippen LogP contribution < -0.4 is 10.6 Å². The minimum absolute atomic E-state index is 0.0820. The summed E-state index contributed by atoms with van der Waals surface area (Å²) in [4.78, 5) is 11.7. The molecule has 0 aliphatic rings. The molecule has 19 heavy (non-hydrogen) atoms. The average molecular weight is 266 g/mol. The molecule has 0 bridgehead atoms. The van der Waals surface area contributed by atoms with Gasteiger partial charge < -0.3 is 15.1 Å². The third-order valence-electron chi connectivity index (χ3n) is 3.37. The minimum Gasteiger partial charge on any atom is -0.469 e. The van der Waals surface area contributed by atoms with Gasteiger partial charge in [0, 0.05) is 18.5 Å².